The molecule has 0 aliphatic carbocycles. The molecule has 3 nitrogen and oxygen atoms in total. The highest BCUT2D eigenvalue weighted by molar-refractivity contribution is 5.17. The van der Waals surface area contributed by atoms with E-state index >= 15 is 0 Å². The molecule has 0 bridgehead atoms. The van der Waals surface area contributed by atoms with Crippen molar-refractivity contribution < 1.29 is 0 Å². The molecule has 0 amide bonds. The average molecular weight is 247 g/mol. The largest absolute Gasteiger partial charge is 0.303 e. The minimum absolute atomic E-state index is 0.699. The second-order valence-electron chi connectivity index (χ2n) is 5.80. The summed E-state index contributed by atoms with van der Waals surface area (Å²) in [7, 11) is 0. The van der Waals surface area contributed by atoms with Gasteiger partial charge >= 0.3 is 0 Å². The van der Waals surface area contributed by atoms with Crippen molar-refractivity contribution in [1.82, 2.24) is 9.80 Å². The Morgan fingerprint density at radius 1 is 1.06 bits per heavy atom. The van der Waals surface area contributed by atoms with Crippen LogP contribution in [-0.4, -0.2) is 49.1 Å². The second kappa shape index (κ2) is 6.92. The average Bonchev–Trinajstić information content (AvgIpc) is 2.42. The third kappa shape index (κ3) is 4.12. The summed E-state index contributed by atoms with van der Waals surface area (Å²) in [5, 5.41) is 8.75. The Labute approximate surface area is 111 Å². The molecule has 0 aromatic rings. The number of hydrogen-bond donors (Lipinski definition) is 0. The molecule has 2 heterocycles. The molecule has 18 heavy (non-hydrogen) atoms. The Morgan fingerprint density at radius 2 is 1.72 bits per heavy atom. The van der Waals surface area contributed by atoms with Crippen LogP contribution in [0.5, 0.6) is 0 Å². The number of rotatable bonds is 4. The molecular weight excluding hydrogens is 222 g/mol. The van der Waals surface area contributed by atoms with Crippen molar-refractivity contribution in [3.63, 3.8) is 0 Å². The first-order chi connectivity index (χ1) is 8.78. The molecule has 0 aromatic heterocycles. The number of likely N-dealkylation sites (tertiary alicyclic amines) is 2. The predicted octanol–water partition coefficient (Wildman–Crippen LogP) is 2.26. The lowest BCUT2D eigenvalue weighted by Crippen LogP contribution is -2.40. The molecule has 2 saturated heterocycles. The molecule has 0 spiro atoms. The third-order valence-electron chi connectivity index (χ3n) is 4.24. The summed E-state index contributed by atoms with van der Waals surface area (Å²) in [5.41, 5.74) is 0.699. The predicted molar refractivity (Wildman–Crippen MR) is 74.2 cm³/mol. The van der Waals surface area contributed by atoms with Gasteiger partial charge in [-0.05, 0) is 57.8 Å². The number of hydrogen-bond acceptors (Lipinski definition) is 3. The third-order valence-corrected chi connectivity index (χ3v) is 4.24. The van der Waals surface area contributed by atoms with Crippen LogP contribution in [0, 0.1) is 17.2 Å². The van der Waals surface area contributed by atoms with Crippen LogP contribution in [-0.2, 0) is 0 Å². The van der Waals surface area contributed by atoms with Gasteiger partial charge in [-0.3, -0.25) is 4.90 Å². The molecule has 2 aliphatic heterocycles. The van der Waals surface area contributed by atoms with E-state index in [4.69, 9.17) is 5.26 Å². The van der Waals surface area contributed by atoms with Crippen molar-refractivity contribution in [2.24, 2.45) is 5.92 Å². The van der Waals surface area contributed by atoms with Crippen molar-refractivity contribution in [2.45, 2.75) is 32.1 Å². The van der Waals surface area contributed by atoms with E-state index in [0.717, 1.165) is 25.6 Å². The van der Waals surface area contributed by atoms with Crippen molar-refractivity contribution in [3.05, 3.63) is 12.2 Å². The highest BCUT2D eigenvalue weighted by Gasteiger charge is 2.22. The number of piperidine rings is 2. The monoisotopic (exact) mass is 247 g/mol. The summed E-state index contributed by atoms with van der Waals surface area (Å²) in [6.07, 6.45) is 6.78. The molecule has 2 rings (SSSR count). The lowest BCUT2D eigenvalue weighted by molar-refractivity contribution is 0.137. The summed E-state index contributed by atoms with van der Waals surface area (Å²) in [6.45, 7) is 10.7. The van der Waals surface area contributed by atoms with Crippen LogP contribution < -0.4 is 0 Å². The Kier molecular flexibility index (Phi) is 5.22. The zero-order chi connectivity index (χ0) is 12.8. The maximum atomic E-state index is 8.75. The van der Waals surface area contributed by atoms with Crippen molar-refractivity contribution in [1.29, 1.82) is 5.26 Å². The quantitative estimate of drug-likeness (QED) is 0.714. The molecule has 2 aliphatic rings. The van der Waals surface area contributed by atoms with Crippen LogP contribution in [0.3, 0.4) is 0 Å². The molecule has 0 aromatic carbocycles. The van der Waals surface area contributed by atoms with Crippen LogP contribution >= 0.6 is 0 Å². The van der Waals surface area contributed by atoms with Crippen LogP contribution in [0.25, 0.3) is 0 Å². The lowest BCUT2D eigenvalue weighted by Gasteiger charge is -2.36. The van der Waals surface area contributed by atoms with E-state index in [1.165, 1.54) is 51.7 Å². The summed E-state index contributed by atoms with van der Waals surface area (Å²) < 4.78 is 0. The first-order valence-corrected chi connectivity index (χ1v) is 7.30. The maximum Gasteiger partial charge on any atom is 0.0954 e. The lowest BCUT2D eigenvalue weighted by atomic mass is 9.95. The molecule has 0 radical (unpaired) electrons. The van der Waals surface area contributed by atoms with Gasteiger partial charge in [0, 0.05) is 18.7 Å². The van der Waals surface area contributed by atoms with E-state index in [2.05, 4.69) is 22.4 Å². The van der Waals surface area contributed by atoms with Gasteiger partial charge in [0.15, 0.2) is 0 Å². The van der Waals surface area contributed by atoms with E-state index in [1.54, 1.807) is 0 Å². The zero-order valence-corrected chi connectivity index (χ0v) is 11.4. The molecule has 0 N–H and O–H groups in total. The van der Waals surface area contributed by atoms with E-state index in [1.807, 2.05) is 0 Å². The van der Waals surface area contributed by atoms with Gasteiger partial charge in [-0.1, -0.05) is 13.0 Å². The molecule has 100 valence electrons. The van der Waals surface area contributed by atoms with Crippen LogP contribution in [0.4, 0.5) is 0 Å². The Balaban J connectivity index is 1.66. The molecular formula is C15H25N3. The zero-order valence-electron chi connectivity index (χ0n) is 11.4. The topological polar surface area (TPSA) is 30.3 Å². The fraction of sp³-hybridized carbons (Fsp3) is 0.800. The van der Waals surface area contributed by atoms with Gasteiger partial charge in [0.2, 0.25) is 0 Å². The summed E-state index contributed by atoms with van der Waals surface area (Å²) >= 11 is 0. The standard InChI is InChI=1S/C15H25N3/c1-14(11-16)12-18-9-5-15(6-10-18)13-17-7-3-2-4-8-17/h15H,1-10,12-13H2. The highest BCUT2D eigenvalue weighted by Crippen LogP contribution is 2.20. The van der Waals surface area contributed by atoms with Crippen molar-refractivity contribution in [2.75, 3.05) is 39.3 Å². The normalized spacial score (nSPS) is 23.7. The summed E-state index contributed by atoms with van der Waals surface area (Å²) in [5.74, 6) is 0.870. The number of nitrogens with zero attached hydrogens (tertiary/aromatic N) is 3. The molecule has 0 atom stereocenters. The van der Waals surface area contributed by atoms with Gasteiger partial charge in [-0.15, -0.1) is 0 Å². The van der Waals surface area contributed by atoms with Crippen molar-refractivity contribution in [3.8, 4) is 6.07 Å². The van der Waals surface area contributed by atoms with Crippen LogP contribution in [0.15, 0.2) is 12.2 Å². The van der Waals surface area contributed by atoms with E-state index < -0.39 is 0 Å². The SMILES string of the molecule is C=C(C#N)CN1CCC(CN2CCCCC2)CC1. The fourth-order valence-corrected chi connectivity index (χ4v) is 3.14. The molecule has 0 unspecified atom stereocenters. The van der Waals surface area contributed by atoms with Crippen LogP contribution in [0.1, 0.15) is 32.1 Å². The molecule has 0 saturated carbocycles. The Bertz CT molecular complexity index is 304. The van der Waals surface area contributed by atoms with Crippen molar-refractivity contribution >= 4 is 0 Å². The van der Waals surface area contributed by atoms with E-state index in [0.29, 0.717) is 5.57 Å². The Morgan fingerprint density at radius 3 is 2.33 bits per heavy atom. The Hall–Kier alpha value is -0.850. The minimum Gasteiger partial charge on any atom is -0.303 e. The van der Waals surface area contributed by atoms with Crippen LogP contribution in [0.2, 0.25) is 0 Å². The highest BCUT2D eigenvalue weighted by atomic mass is 15.1. The first-order valence-electron chi connectivity index (χ1n) is 7.30. The van der Waals surface area contributed by atoms with Gasteiger partial charge in [-0.2, -0.15) is 5.26 Å². The van der Waals surface area contributed by atoms with E-state index in [-0.39, 0.29) is 0 Å². The smallest absolute Gasteiger partial charge is 0.0954 e. The van der Waals surface area contributed by atoms with Gasteiger partial charge < -0.3 is 4.90 Å². The molecule has 2 fully saturated rings. The van der Waals surface area contributed by atoms with Gasteiger partial charge in [0.25, 0.3) is 0 Å². The number of nitriles is 1. The fourth-order valence-electron chi connectivity index (χ4n) is 3.14. The van der Waals surface area contributed by atoms with E-state index in [9.17, 15) is 0 Å². The second-order valence-corrected chi connectivity index (χ2v) is 5.80. The summed E-state index contributed by atoms with van der Waals surface area (Å²) in [6, 6.07) is 2.14. The summed E-state index contributed by atoms with van der Waals surface area (Å²) in [4.78, 5) is 5.02. The maximum absolute atomic E-state index is 8.75. The van der Waals surface area contributed by atoms with Gasteiger partial charge in [0.05, 0.1) is 6.07 Å². The molecule has 3 heteroatoms. The first kappa shape index (κ1) is 13.6. The van der Waals surface area contributed by atoms with Gasteiger partial charge in [-0.25, -0.2) is 0 Å². The van der Waals surface area contributed by atoms with Gasteiger partial charge in [0.1, 0.15) is 0 Å². The minimum atomic E-state index is 0.699.